The van der Waals surface area contributed by atoms with Crippen LogP contribution in [0.2, 0.25) is 0 Å². The Bertz CT molecular complexity index is 324. The number of hydrogen-bond acceptors (Lipinski definition) is 6. The molecule has 2 unspecified atom stereocenters. The number of thioether (sulfide) groups is 2. The molecule has 2 heterocycles. The maximum atomic E-state index is 9.17. The predicted octanol–water partition coefficient (Wildman–Crippen LogP) is 1.90. The molecule has 1 aliphatic heterocycles. The SMILES string of the molecule is CC(O)CCc1nc(C2CSCCS2)no1. The summed E-state index contributed by atoms with van der Waals surface area (Å²) >= 11 is 3.84. The zero-order valence-corrected chi connectivity index (χ0v) is 10.9. The normalized spacial score (nSPS) is 23.2. The van der Waals surface area contributed by atoms with Crippen LogP contribution in [-0.4, -0.2) is 38.6 Å². The second kappa shape index (κ2) is 5.93. The van der Waals surface area contributed by atoms with E-state index in [0.29, 0.717) is 24.0 Å². The molecule has 1 saturated heterocycles. The summed E-state index contributed by atoms with van der Waals surface area (Å²) in [7, 11) is 0. The Hall–Kier alpha value is -0.200. The fourth-order valence-corrected chi connectivity index (χ4v) is 4.06. The van der Waals surface area contributed by atoms with Crippen LogP contribution in [0.25, 0.3) is 0 Å². The minimum absolute atomic E-state index is 0.310. The third-order valence-corrected chi connectivity index (χ3v) is 5.11. The lowest BCUT2D eigenvalue weighted by Gasteiger charge is -2.16. The topological polar surface area (TPSA) is 59.2 Å². The first-order chi connectivity index (χ1) is 7.75. The monoisotopic (exact) mass is 260 g/mol. The summed E-state index contributed by atoms with van der Waals surface area (Å²) in [6, 6.07) is 0. The number of hydrogen-bond donors (Lipinski definition) is 1. The fraction of sp³-hybridized carbons (Fsp3) is 0.800. The van der Waals surface area contributed by atoms with E-state index in [0.717, 1.165) is 17.3 Å². The van der Waals surface area contributed by atoms with E-state index in [1.54, 1.807) is 6.92 Å². The van der Waals surface area contributed by atoms with Crippen molar-refractivity contribution in [2.45, 2.75) is 31.1 Å². The van der Waals surface area contributed by atoms with Gasteiger partial charge in [0.15, 0.2) is 5.82 Å². The van der Waals surface area contributed by atoms with Gasteiger partial charge in [0.1, 0.15) is 0 Å². The Balaban J connectivity index is 1.90. The van der Waals surface area contributed by atoms with Crippen molar-refractivity contribution < 1.29 is 9.63 Å². The standard InChI is InChI=1S/C10H16N2O2S2/c1-7(13)2-3-9-11-10(12-14-9)8-6-15-4-5-16-8/h7-8,13H,2-6H2,1H3. The van der Waals surface area contributed by atoms with Crippen LogP contribution in [0, 0.1) is 0 Å². The lowest BCUT2D eigenvalue weighted by atomic mass is 10.2. The van der Waals surface area contributed by atoms with Gasteiger partial charge in [0.2, 0.25) is 5.89 Å². The van der Waals surface area contributed by atoms with Crippen molar-refractivity contribution in [3.05, 3.63) is 11.7 Å². The maximum Gasteiger partial charge on any atom is 0.226 e. The molecule has 1 aliphatic rings. The van der Waals surface area contributed by atoms with Crippen molar-refractivity contribution in [1.29, 1.82) is 0 Å². The summed E-state index contributed by atoms with van der Waals surface area (Å²) in [5.74, 6) is 4.91. The van der Waals surface area contributed by atoms with E-state index in [1.807, 2.05) is 23.5 Å². The van der Waals surface area contributed by atoms with E-state index >= 15 is 0 Å². The highest BCUT2D eigenvalue weighted by Gasteiger charge is 2.21. The van der Waals surface area contributed by atoms with E-state index in [9.17, 15) is 5.11 Å². The zero-order chi connectivity index (χ0) is 11.4. The van der Waals surface area contributed by atoms with E-state index in [4.69, 9.17) is 4.52 Å². The Labute approximate surface area is 104 Å². The van der Waals surface area contributed by atoms with Crippen LogP contribution in [0.4, 0.5) is 0 Å². The maximum absolute atomic E-state index is 9.17. The van der Waals surface area contributed by atoms with Crippen molar-refractivity contribution in [1.82, 2.24) is 10.1 Å². The summed E-state index contributed by atoms with van der Waals surface area (Å²) in [5.41, 5.74) is 0. The van der Waals surface area contributed by atoms with Gasteiger partial charge in [0, 0.05) is 23.7 Å². The van der Waals surface area contributed by atoms with E-state index in [1.165, 1.54) is 5.75 Å². The second-order valence-electron chi connectivity index (χ2n) is 3.87. The average molecular weight is 260 g/mol. The molecular formula is C10H16N2O2S2. The minimum atomic E-state index is -0.310. The quantitative estimate of drug-likeness (QED) is 0.892. The van der Waals surface area contributed by atoms with E-state index in [-0.39, 0.29) is 6.10 Å². The van der Waals surface area contributed by atoms with Gasteiger partial charge in [-0.2, -0.15) is 16.7 Å². The van der Waals surface area contributed by atoms with Gasteiger partial charge in [-0.3, -0.25) is 0 Å². The van der Waals surface area contributed by atoms with Crippen LogP contribution in [-0.2, 0) is 6.42 Å². The Kier molecular flexibility index (Phi) is 4.55. The highest BCUT2D eigenvalue weighted by atomic mass is 32.2. The molecule has 1 aromatic rings. The number of nitrogens with zero attached hydrogens (tertiary/aromatic N) is 2. The number of aliphatic hydroxyl groups is 1. The van der Waals surface area contributed by atoms with Crippen molar-refractivity contribution in [2.24, 2.45) is 0 Å². The smallest absolute Gasteiger partial charge is 0.226 e. The molecule has 1 N–H and O–H groups in total. The number of aryl methyl sites for hydroxylation is 1. The van der Waals surface area contributed by atoms with Crippen LogP contribution in [0.1, 0.15) is 30.3 Å². The first-order valence-corrected chi connectivity index (χ1v) is 7.66. The molecule has 0 saturated carbocycles. The highest BCUT2D eigenvalue weighted by molar-refractivity contribution is 8.06. The summed E-state index contributed by atoms with van der Waals surface area (Å²) in [6.45, 7) is 1.77. The summed E-state index contributed by atoms with van der Waals surface area (Å²) in [4.78, 5) is 4.38. The van der Waals surface area contributed by atoms with Crippen molar-refractivity contribution in [3.8, 4) is 0 Å². The van der Waals surface area contributed by atoms with Gasteiger partial charge in [-0.15, -0.1) is 11.8 Å². The third-order valence-electron chi connectivity index (χ3n) is 2.36. The molecule has 0 radical (unpaired) electrons. The van der Waals surface area contributed by atoms with Crippen LogP contribution in [0.15, 0.2) is 4.52 Å². The Morgan fingerprint density at radius 1 is 1.56 bits per heavy atom. The molecule has 1 aromatic heterocycles. The first kappa shape index (κ1) is 12.3. The summed E-state index contributed by atoms with van der Waals surface area (Å²) in [5, 5.41) is 13.6. The molecule has 6 heteroatoms. The molecule has 1 fully saturated rings. The second-order valence-corrected chi connectivity index (χ2v) is 6.33. The van der Waals surface area contributed by atoms with Crippen molar-refractivity contribution in [2.75, 3.05) is 17.3 Å². The largest absolute Gasteiger partial charge is 0.393 e. The van der Waals surface area contributed by atoms with E-state index < -0.39 is 0 Å². The number of aromatic nitrogens is 2. The first-order valence-electron chi connectivity index (χ1n) is 5.45. The number of aliphatic hydroxyl groups excluding tert-OH is 1. The van der Waals surface area contributed by atoms with E-state index in [2.05, 4.69) is 10.1 Å². The minimum Gasteiger partial charge on any atom is -0.393 e. The van der Waals surface area contributed by atoms with Crippen molar-refractivity contribution >= 4 is 23.5 Å². The molecule has 90 valence electrons. The van der Waals surface area contributed by atoms with Crippen LogP contribution < -0.4 is 0 Å². The predicted molar refractivity (Wildman–Crippen MR) is 66.8 cm³/mol. The summed E-state index contributed by atoms with van der Waals surface area (Å²) in [6.07, 6.45) is 1.03. The van der Waals surface area contributed by atoms with Gasteiger partial charge in [-0.25, -0.2) is 0 Å². The molecule has 0 bridgehead atoms. The molecule has 0 aliphatic carbocycles. The molecular weight excluding hydrogens is 244 g/mol. The van der Waals surface area contributed by atoms with Gasteiger partial charge in [0.25, 0.3) is 0 Å². The van der Waals surface area contributed by atoms with Gasteiger partial charge < -0.3 is 9.63 Å². The van der Waals surface area contributed by atoms with Gasteiger partial charge in [-0.1, -0.05) is 5.16 Å². The highest BCUT2D eigenvalue weighted by Crippen LogP contribution is 2.35. The molecule has 0 spiro atoms. The van der Waals surface area contributed by atoms with Crippen LogP contribution in [0.5, 0.6) is 0 Å². The zero-order valence-electron chi connectivity index (χ0n) is 9.26. The van der Waals surface area contributed by atoms with Gasteiger partial charge >= 0.3 is 0 Å². The lowest BCUT2D eigenvalue weighted by molar-refractivity contribution is 0.180. The van der Waals surface area contributed by atoms with Crippen LogP contribution >= 0.6 is 23.5 Å². The van der Waals surface area contributed by atoms with Crippen molar-refractivity contribution in [3.63, 3.8) is 0 Å². The molecule has 0 aromatic carbocycles. The van der Waals surface area contributed by atoms with Crippen LogP contribution in [0.3, 0.4) is 0 Å². The molecule has 4 nitrogen and oxygen atoms in total. The van der Waals surface area contributed by atoms with Gasteiger partial charge in [-0.05, 0) is 13.3 Å². The number of rotatable bonds is 4. The lowest BCUT2D eigenvalue weighted by Crippen LogP contribution is -2.08. The molecule has 2 atom stereocenters. The molecule has 0 amide bonds. The summed E-state index contributed by atoms with van der Waals surface area (Å²) < 4.78 is 5.17. The average Bonchev–Trinajstić information content (AvgIpc) is 2.76. The fourth-order valence-electron chi connectivity index (χ4n) is 1.47. The van der Waals surface area contributed by atoms with Gasteiger partial charge in [0.05, 0.1) is 11.4 Å². The Morgan fingerprint density at radius 2 is 2.44 bits per heavy atom. The third kappa shape index (κ3) is 3.40. The Morgan fingerprint density at radius 3 is 3.12 bits per heavy atom. The molecule has 16 heavy (non-hydrogen) atoms. The molecule has 2 rings (SSSR count).